The molecule has 0 amide bonds. The van der Waals surface area contributed by atoms with Gasteiger partial charge in [-0.15, -0.1) is 0 Å². The van der Waals surface area contributed by atoms with Crippen molar-refractivity contribution in [3.05, 3.63) is 30.4 Å². The van der Waals surface area contributed by atoms with E-state index in [4.69, 9.17) is 9.78 Å². The average Bonchev–Trinajstić information content (AvgIpc) is 3.08. The summed E-state index contributed by atoms with van der Waals surface area (Å²) in [5.41, 5.74) is 0.714. The molecule has 8 heteroatoms. The Bertz CT molecular complexity index is 709. The summed E-state index contributed by atoms with van der Waals surface area (Å²) in [6.45, 7) is 0. The molecule has 0 unspecified atom stereocenters. The predicted molar refractivity (Wildman–Crippen MR) is 57.6 cm³/mol. The Labute approximate surface area is 100 Å². The third kappa shape index (κ3) is 1.60. The Hall–Kier alpha value is -3.08. The van der Waals surface area contributed by atoms with E-state index in [0.29, 0.717) is 11.4 Å². The summed E-state index contributed by atoms with van der Waals surface area (Å²) in [6.07, 6.45) is 4.61. The predicted octanol–water partition coefficient (Wildman–Crippen LogP) is 0.788. The molecule has 0 aromatic carbocycles. The first-order valence-electron chi connectivity index (χ1n) is 4.93. The number of rotatable bonds is 2. The van der Waals surface area contributed by atoms with E-state index < -0.39 is 0 Å². The first-order chi connectivity index (χ1) is 8.88. The summed E-state index contributed by atoms with van der Waals surface area (Å²) < 4.78 is 5.05. The van der Waals surface area contributed by atoms with Gasteiger partial charge < -0.3 is 4.52 Å². The minimum atomic E-state index is 0.197. The minimum absolute atomic E-state index is 0.197. The second-order valence-corrected chi connectivity index (χ2v) is 3.27. The van der Waals surface area contributed by atoms with E-state index in [-0.39, 0.29) is 17.4 Å². The maximum atomic E-state index is 8.86. The van der Waals surface area contributed by atoms with E-state index in [1.807, 2.05) is 6.07 Å². The monoisotopic (exact) mass is 239 g/mol. The van der Waals surface area contributed by atoms with Crippen molar-refractivity contribution in [2.75, 3.05) is 0 Å². The van der Waals surface area contributed by atoms with E-state index >= 15 is 0 Å². The topological polar surface area (TPSA) is 117 Å². The van der Waals surface area contributed by atoms with Gasteiger partial charge in [0.05, 0.1) is 11.8 Å². The molecule has 0 fully saturated rings. The molecule has 1 N–H and O–H groups in total. The van der Waals surface area contributed by atoms with E-state index in [1.54, 1.807) is 18.5 Å². The van der Waals surface area contributed by atoms with Gasteiger partial charge in [-0.25, -0.2) is 9.97 Å². The molecule has 0 spiro atoms. The molecule has 18 heavy (non-hydrogen) atoms. The standard InChI is InChI=1S/C10H5N7O/c11-4-7-6(5-14-16-7)10-15-9(17-18-10)8-12-2-1-3-13-8/h1-3,5H,(H,14,16). The number of nitrogens with zero attached hydrogens (tertiary/aromatic N) is 6. The summed E-state index contributed by atoms with van der Waals surface area (Å²) in [7, 11) is 0. The van der Waals surface area contributed by atoms with Crippen molar-refractivity contribution in [1.82, 2.24) is 30.3 Å². The molecule has 0 radical (unpaired) electrons. The third-order valence-electron chi connectivity index (χ3n) is 2.17. The van der Waals surface area contributed by atoms with Crippen molar-refractivity contribution < 1.29 is 4.52 Å². The Morgan fingerprint density at radius 2 is 2.06 bits per heavy atom. The number of nitriles is 1. The summed E-state index contributed by atoms with van der Waals surface area (Å²) in [6, 6.07) is 3.63. The lowest BCUT2D eigenvalue weighted by Crippen LogP contribution is -1.88. The largest absolute Gasteiger partial charge is 0.333 e. The van der Waals surface area contributed by atoms with Crippen molar-refractivity contribution in [2.45, 2.75) is 0 Å². The molecular formula is C10H5N7O. The Morgan fingerprint density at radius 1 is 1.22 bits per heavy atom. The number of hydrogen-bond donors (Lipinski definition) is 1. The van der Waals surface area contributed by atoms with Crippen molar-refractivity contribution in [3.8, 4) is 29.2 Å². The van der Waals surface area contributed by atoms with E-state index in [2.05, 4.69) is 30.3 Å². The maximum absolute atomic E-state index is 8.86. The fourth-order valence-corrected chi connectivity index (χ4v) is 1.37. The fourth-order valence-electron chi connectivity index (χ4n) is 1.37. The average molecular weight is 239 g/mol. The van der Waals surface area contributed by atoms with Crippen LogP contribution < -0.4 is 0 Å². The quantitative estimate of drug-likeness (QED) is 0.702. The summed E-state index contributed by atoms with van der Waals surface area (Å²) in [5, 5.41) is 18.9. The second-order valence-electron chi connectivity index (χ2n) is 3.27. The SMILES string of the molecule is N#Cc1[nH]ncc1-c1nc(-c2ncccn2)no1. The smallest absolute Gasteiger partial charge is 0.262 e. The molecule has 3 aromatic rings. The van der Waals surface area contributed by atoms with Gasteiger partial charge in [0.15, 0.2) is 0 Å². The molecule has 0 aliphatic rings. The van der Waals surface area contributed by atoms with Crippen LogP contribution in [0.4, 0.5) is 0 Å². The normalized spacial score (nSPS) is 10.2. The van der Waals surface area contributed by atoms with Crippen LogP contribution >= 0.6 is 0 Å². The molecule has 0 aliphatic heterocycles. The molecule has 0 aliphatic carbocycles. The zero-order chi connectivity index (χ0) is 12.4. The molecule has 0 saturated heterocycles. The van der Waals surface area contributed by atoms with E-state index in [1.165, 1.54) is 6.20 Å². The Balaban J connectivity index is 2.03. The van der Waals surface area contributed by atoms with Crippen LogP contribution in [0.3, 0.4) is 0 Å². The van der Waals surface area contributed by atoms with Gasteiger partial charge in [0.25, 0.3) is 5.89 Å². The highest BCUT2D eigenvalue weighted by molar-refractivity contribution is 5.60. The van der Waals surface area contributed by atoms with Crippen LogP contribution in [0, 0.1) is 11.3 Å². The molecule has 0 saturated carbocycles. The van der Waals surface area contributed by atoms with Gasteiger partial charge in [0.1, 0.15) is 11.8 Å². The van der Waals surface area contributed by atoms with Crippen LogP contribution in [0.2, 0.25) is 0 Å². The van der Waals surface area contributed by atoms with Gasteiger partial charge in [-0.05, 0) is 6.07 Å². The van der Waals surface area contributed by atoms with Crippen molar-refractivity contribution >= 4 is 0 Å². The first kappa shape index (κ1) is 10.1. The van der Waals surface area contributed by atoms with Crippen LogP contribution in [-0.2, 0) is 0 Å². The van der Waals surface area contributed by atoms with Gasteiger partial charge in [0.2, 0.25) is 11.6 Å². The highest BCUT2D eigenvalue weighted by Crippen LogP contribution is 2.21. The van der Waals surface area contributed by atoms with E-state index in [9.17, 15) is 0 Å². The molecule has 8 nitrogen and oxygen atoms in total. The fraction of sp³-hybridized carbons (Fsp3) is 0. The lowest BCUT2D eigenvalue weighted by molar-refractivity contribution is 0.432. The Kier molecular flexibility index (Phi) is 2.28. The Morgan fingerprint density at radius 3 is 2.83 bits per heavy atom. The molecule has 0 atom stereocenters. The van der Waals surface area contributed by atoms with Crippen LogP contribution in [-0.4, -0.2) is 30.3 Å². The number of aromatic nitrogens is 6. The second kappa shape index (κ2) is 4.06. The zero-order valence-corrected chi connectivity index (χ0v) is 8.90. The first-order valence-corrected chi connectivity index (χ1v) is 4.93. The lowest BCUT2D eigenvalue weighted by atomic mass is 10.2. The molecule has 86 valence electrons. The van der Waals surface area contributed by atoms with Gasteiger partial charge in [-0.1, -0.05) is 5.16 Å². The summed E-state index contributed by atoms with van der Waals surface area (Å²) in [4.78, 5) is 12.1. The number of aromatic amines is 1. The summed E-state index contributed by atoms with van der Waals surface area (Å²) >= 11 is 0. The number of nitrogens with one attached hydrogen (secondary N) is 1. The van der Waals surface area contributed by atoms with Crippen molar-refractivity contribution in [2.24, 2.45) is 0 Å². The van der Waals surface area contributed by atoms with Crippen LogP contribution in [0.1, 0.15) is 5.69 Å². The van der Waals surface area contributed by atoms with Crippen molar-refractivity contribution in [1.29, 1.82) is 5.26 Å². The van der Waals surface area contributed by atoms with Crippen molar-refractivity contribution in [3.63, 3.8) is 0 Å². The van der Waals surface area contributed by atoms with E-state index in [0.717, 1.165) is 0 Å². The highest BCUT2D eigenvalue weighted by atomic mass is 16.5. The zero-order valence-electron chi connectivity index (χ0n) is 8.90. The van der Waals surface area contributed by atoms with Crippen LogP contribution in [0.25, 0.3) is 23.1 Å². The minimum Gasteiger partial charge on any atom is -0.333 e. The molecule has 3 heterocycles. The lowest BCUT2D eigenvalue weighted by Gasteiger charge is -1.88. The van der Waals surface area contributed by atoms with Gasteiger partial charge >= 0.3 is 0 Å². The molecule has 3 rings (SSSR count). The van der Waals surface area contributed by atoms with Gasteiger partial charge in [-0.2, -0.15) is 15.3 Å². The number of H-pyrrole nitrogens is 1. The summed E-state index contributed by atoms with van der Waals surface area (Å²) in [5.74, 6) is 0.813. The van der Waals surface area contributed by atoms with Gasteiger partial charge in [-0.3, -0.25) is 5.10 Å². The molecular weight excluding hydrogens is 234 g/mol. The number of hydrogen-bond acceptors (Lipinski definition) is 7. The molecule has 0 bridgehead atoms. The van der Waals surface area contributed by atoms with Crippen LogP contribution in [0.5, 0.6) is 0 Å². The maximum Gasteiger partial charge on any atom is 0.262 e. The molecule has 3 aromatic heterocycles. The third-order valence-corrected chi connectivity index (χ3v) is 2.17. The van der Waals surface area contributed by atoms with Crippen LogP contribution in [0.15, 0.2) is 29.2 Å². The van der Waals surface area contributed by atoms with Gasteiger partial charge in [0, 0.05) is 12.4 Å². The highest BCUT2D eigenvalue weighted by Gasteiger charge is 2.16.